The maximum atomic E-state index is 8.52. The van der Waals surface area contributed by atoms with Gasteiger partial charge in [0, 0.05) is 79.9 Å². The van der Waals surface area contributed by atoms with Gasteiger partial charge in [-0.1, -0.05) is 0 Å². The van der Waals surface area contributed by atoms with Crippen molar-refractivity contribution in [1.82, 2.24) is 0 Å². The third kappa shape index (κ3) is 372. The standard InChI is InChI=1S/4Na.3O3Si.2Zr.4H/c;;;;3*1-4(2)3;;;;;;/q4*+1;3*-2;;;4*-1. The van der Waals surface area contributed by atoms with Gasteiger partial charge >= 0.3 is 118 Å². The van der Waals surface area contributed by atoms with Gasteiger partial charge in [0.15, 0.2) is 0 Å². The van der Waals surface area contributed by atoms with Crippen LogP contribution in [-0.2, 0) is 65.8 Å². The maximum absolute atomic E-state index is 8.52. The van der Waals surface area contributed by atoms with Crippen LogP contribution in [0.3, 0.4) is 0 Å². The fraction of sp³-hybridized carbons (Fsp3) is 0. The van der Waals surface area contributed by atoms with Crippen molar-refractivity contribution >= 4 is 27.5 Å². The van der Waals surface area contributed by atoms with Gasteiger partial charge in [-0.3, -0.25) is 0 Å². The molecular formula is H4Na4O9Si3Zr2-6. The van der Waals surface area contributed by atoms with Crippen LogP contribution < -0.4 is 147 Å². The molecule has 0 amide bonds. The molecule has 0 N–H and O–H groups in total. The average molecular weight is 507 g/mol. The molecule has 0 atom stereocenters. The van der Waals surface area contributed by atoms with E-state index in [-0.39, 0.29) is 176 Å². The van der Waals surface area contributed by atoms with Crippen molar-refractivity contribution in [3.63, 3.8) is 0 Å². The second kappa shape index (κ2) is 49.6. The summed E-state index contributed by atoms with van der Waals surface area (Å²) in [5.41, 5.74) is 0. The van der Waals surface area contributed by atoms with Crippen LogP contribution in [0.15, 0.2) is 0 Å². The second-order valence-corrected chi connectivity index (χ2v) is 2.25. The molecule has 0 bridgehead atoms. The van der Waals surface area contributed by atoms with Crippen LogP contribution in [-0.4, -0.2) is 27.5 Å². The fourth-order valence-electron chi connectivity index (χ4n) is 0. The van der Waals surface area contributed by atoms with E-state index in [1.165, 1.54) is 0 Å². The summed E-state index contributed by atoms with van der Waals surface area (Å²) in [5, 5.41) is 0. The Balaban J connectivity index is -0.00000000409. The van der Waals surface area contributed by atoms with Gasteiger partial charge in [0.05, 0.1) is 0 Å². The largest absolute Gasteiger partial charge is 1.00 e. The molecule has 0 rings (SSSR count). The molecule has 0 aromatic carbocycles. The van der Waals surface area contributed by atoms with Gasteiger partial charge in [-0.15, -0.1) is 0 Å². The molecule has 0 saturated heterocycles. The first-order chi connectivity index (χ1) is 5.20. The van der Waals surface area contributed by atoms with Crippen molar-refractivity contribution < 1.29 is 219 Å². The summed E-state index contributed by atoms with van der Waals surface area (Å²) in [6.45, 7) is 0. The molecule has 0 fully saturated rings. The first-order valence-corrected chi connectivity index (χ1v) is 5.51. The van der Waals surface area contributed by atoms with Gasteiger partial charge < -0.3 is 47.9 Å². The van der Waals surface area contributed by atoms with Crippen LogP contribution in [0.4, 0.5) is 0 Å². The van der Waals surface area contributed by atoms with E-state index in [2.05, 4.69) is 0 Å². The predicted molar refractivity (Wildman–Crippen MR) is 23.8 cm³/mol. The van der Waals surface area contributed by atoms with Gasteiger partial charge in [-0.05, 0) is 0 Å². The Morgan fingerprint density at radius 3 is 0.500 bits per heavy atom. The Labute approximate surface area is 241 Å². The van der Waals surface area contributed by atoms with Crippen molar-refractivity contribution in [2.45, 2.75) is 0 Å². The summed E-state index contributed by atoms with van der Waals surface area (Å²) in [6.07, 6.45) is 0. The quantitative estimate of drug-likeness (QED) is 0.287. The Hall–Kier alpha value is 4.62. The first-order valence-electron chi connectivity index (χ1n) is 1.84. The minimum absolute atomic E-state index is 0. The molecule has 0 spiro atoms. The molecule has 0 aliphatic carbocycles. The zero-order chi connectivity index (χ0) is 10.7. The number of hydrogen-bond acceptors (Lipinski definition) is 9. The van der Waals surface area contributed by atoms with Crippen LogP contribution >= 0.6 is 0 Å². The molecule has 0 unspecified atom stereocenters. The van der Waals surface area contributed by atoms with Gasteiger partial charge in [-0.2, -0.15) is 0 Å². The average Bonchev–Trinajstić information content (AvgIpc) is 1.54. The monoisotopic (exact) mass is 504 g/mol. The zero-order valence-electron chi connectivity index (χ0n) is 14.2. The maximum Gasteiger partial charge on any atom is 1.00 e. The molecular weight excluding hydrogens is 503 g/mol. The zero-order valence-corrected chi connectivity index (χ0v) is 26.1. The van der Waals surface area contributed by atoms with Crippen LogP contribution in [0.2, 0.25) is 0 Å². The van der Waals surface area contributed by atoms with Crippen molar-refractivity contribution in [3.05, 3.63) is 0 Å². The molecule has 18 heteroatoms. The van der Waals surface area contributed by atoms with Crippen LogP contribution in [0.25, 0.3) is 0 Å². The first kappa shape index (κ1) is 57.0. The Morgan fingerprint density at radius 1 is 0.500 bits per heavy atom. The van der Waals surface area contributed by atoms with E-state index in [9.17, 15) is 0 Å². The van der Waals surface area contributed by atoms with Crippen molar-refractivity contribution in [2.24, 2.45) is 0 Å². The van der Waals surface area contributed by atoms with Gasteiger partial charge in [-0.25, -0.2) is 0 Å². The SMILES string of the molecule is O=[Si]([O-])[O-].O=[Si]([O-])[O-].O=[Si]([O-])[O-].[H-].[H-].[H-].[H-].[Na+].[Na+].[Na+].[Na+].[Zr].[Zr]. The summed E-state index contributed by atoms with van der Waals surface area (Å²) in [4.78, 5) is 51.1. The minimum atomic E-state index is -3.63. The molecule has 0 aliphatic heterocycles. The third-order valence-electron chi connectivity index (χ3n) is 0. The van der Waals surface area contributed by atoms with Crippen LogP contribution in [0.5, 0.6) is 0 Å². The van der Waals surface area contributed by atoms with E-state index >= 15 is 0 Å². The molecule has 0 aliphatic rings. The van der Waals surface area contributed by atoms with E-state index in [0.29, 0.717) is 0 Å². The van der Waals surface area contributed by atoms with E-state index in [1.54, 1.807) is 0 Å². The van der Waals surface area contributed by atoms with E-state index < -0.39 is 27.5 Å². The molecule has 0 aromatic rings. The van der Waals surface area contributed by atoms with Gasteiger partial charge in [0.25, 0.3) is 0 Å². The third-order valence-corrected chi connectivity index (χ3v) is 0. The molecule has 9 nitrogen and oxygen atoms in total. The van der Waals surface area contributed by atoms with E-state index in [0.717, 1.165) is 0 Å². The molecule has 0 heterocycles. The van der Waals surface area contributed by atoms with Crippen LogP contribution in [0, 0.1) is 0 Å². The summed E-state index contributed by atoms with van der Waals surface area (Å²) in [7, 11) is -10.9. The normalized spacial score (nSPS) is 4.00. The van der Waals surface area contributed by atoms with Crippen molar-refractivity contribution in [2.75, 3.05) is 0 Å². The summed E-state index contributed by atoms with van der Waals surface area (Å²) in [5.74, 6) is 0. The molecule has 0 aromatic heterocycles. The Morgan fingerprint density at radius 2 is 0.500 bits per heavy atom. The second-order valence-electron chi connectivity index (χ2n) is 0.750. The summed E-state index contributed by atoms with van der Waals surface area (Å²) < 4.78 is 25.6. The van der Waals surface area contributed by atoms with E-state index in [1.807, 2.05) is 0 Å². The number of hydrogen-bond donors (Lipinski definition) is 0. The van der Waals surface area contributed by atoms with Gasteiger partial charge in [0.2, 0.25) is 0 Å². The summed E-state index contributed by atoms with van der Waals surface area (Å²) in [6, 6.07) is 0. The molecule has 0 radical (unpaired) electrons. The predicted octanol–water partition coefficient (Wildman–Crippen LogP) is -20.2. The van der Waals surface area contributed by atoms with Crippen LogP contribution in [0.1, 0.15) is 5.71 Å². The van der Waals surface area contributed by atoms with E-state index in [4.69, 9.17) is 42.2 Å². The minimum Gasteiger partial charge on any atom is -1.00 e. The fourth-order valence-corrected chi connectivity index (χ4v) is 0. The Kier molecular flexibility index (Phi) is 157. The molecule has 88 valence electrons. The molecule has 0 saturated carbocycles. The summed E-state index contributed by atoms with van der Waals surface area (Å²) >= 11 is 0. The van der Waals surface area contributed by atoms with Gasteiger partial charge in [0.1, 0.15) is 0 Å². The Bertz CT molecular complexity index is 144. The number of rotatable bonds is 0. The van der Waals surface area contributed by atoms with Crippen molar-refractivity contribution in [3.8, 4) is 0 Å². The molecule has 18 heavy (non-hydrogen) atoms. The topological polar surface area (TPSA) is 190 Å². The van der Waals surface area contributed by atoms with Crippen molar-refractivity contribution in [1.29, 1.82) is 0 Å². The smallest absolute Gasteiger partial charge is 1.00 e.